The van der Waals surface area contributed by atoms with E-state index in [0.29, 0.717) is 23.3 Å². The molecule has 4 heteroatoms. The van der Waals surface area contributed by atoms with Crippen LogP contribution in [-0.4, -0.2) is 22.7 Å². The minimum atomic E-state index is -0.951. The van der Waals surface area contributed by atoms with E-state index in [9.17, 15) is 4.79 Å². The average Bonchev–Trinajstić information content (AvgIpc) is 2.38. The first-order valence-corrected chi connectivity index (χ1v) is 5.98. The largest absolute Gasteiger partial charge is 0.491 e. The molecule has 1 N–H and O–H groups in total. The molecule has 0 bridgehead atoms. The molecule has 0 radical (unpaired) electrons. The van der Waals surface area contributed by atoms with Crippen LogP contribution in [0.4, 0.5) is 0 Å². The van der Waals surface area contributed by atoms with Crippen LogP contribution in [0.3, 0.4) is 0 Å². The smallest absolute Gasteiger partial charge is 0.336 e. The summed E-state index contributed by atoms with van der Waals surface area (Å²) >= 11 is 0. The number of benzene rings is 1. The maximum Gasteiger partial charge on any atom is 0.336 e. The van der Waals surface area contributed by atoms with Crippen LogP contribution in [0.15, 0.2) is 30.5 Å². The van der Waals surface area contributed by atoms with Crippen LogP contribution in [0.2, 0.25) is 0 Å². The van der Waals surface area contributed by atoms with Gasteiger partial charge in [-0.1, -0.05) is 19.4 Å². The summed E-state index contributed by atoms with van der Waals surface area (Å²) in [6.07, 6.45) is 3.66. The third kappa shape index (κ3) is 2.42. The third-order valence-corrected chi connectivity index (χ3v) is 2.72. The molecule has 0 saturated heterocycles. The Balaban J connectivity index is 2.44. The van der Waals surface area contributed by atoms with E-state index in [-0.39, 0.29) is 5.56 Å². The van der Waals surface area contributed by atoms with Gasteiger partial charge in [-0.3, -0.25) is 4.98 Å². The first-order chi connectivity index (χ1) is 8.74. The van der Waals surface area contributed by atoms with Gasteiger partial charge in [0.15, 0.2) is 0 Å². The fraction of sp³-hybridized carbons (Fsp3) is 0.286. The maximum atomic E-state index is 11.1. The lowest BCUT2D eigenvalue weighted by Crippen LogP contribution is -2.02. The summed E-state index contributed by atoms with van der Waals surface area (Å²) in [7, 11) is 0. The quantitative estimate of drug-likeness (QED) is 0.822. The molecule has 0 aliphatic heterocycles. The summed E-state index contributed by atoms with van der Waals surface area (Å²) in [5.74, 6) is -0.308. The normalized spacial score (nSPS) is 10.5. The van der Waals surface area contributed by atoms with Crippen molar-refractivity contribution in [2.75, 3.05) is 6.61 Å². The first kappa shape index (κ1) is 12.4. The summed E-state index contributed by atoms with van der Waals surface area (Å²) in [6.45, 7) is 2.71. The highest BCUT2D eigenvalue weighted by molar-refractivity contribution is 6.04. The number of rotatable bonds is 5. The molecule has 2 rings (SSSR count). The van der Waals surface area contributed by atoms with Gasteiger partial charge in [-0.15, -0.1) is 0 Å². The van der Waals surface area contributed by atoms with Crippen LogP contribution in [0.1, 0.15) is 30.1 Å². The van der Waals surface area contributed by atoms with Gasteiger partial charge in [0.2, 0.25) is 0 Å². The number of hydrogen-bond acceptors (Lipinski definition) is 3. The fourth-order valence-corrected chi connectivity index (χ4v) is 1.78. The summed E-state index contributed by atoms with van der Waals surface area (Å²) in [5, 5.41) is 9.73. The number of aromatic carboxylic acids is 1. The van der Waals surface area contributed by atoms with Crippen LogP contribution in [0.25, 0.3) is 10.9 Å². The van der Waals surface area contributed by atoms with Crippen molar-refractivity contribution in [2.24, 2.45) is 0 Å². The summed E-state index contributed by atoms with van der Waals surface area (Å²) < 4.78 is 5.64. The second-order valence-electron chi connectivity index (χ2n) is 4.02. The van der Waals surface area contributed by atoms with Gasteiger partial charge in [-0.05, 0) is 24.6 Å². The number of nitrogens with zero attached hydrogens (tertiary/aromatic N) is 1. The number of pyridine rings is 1. The van der Waals surface area contributed by atoms with E-state index in [1.807, 2.05) is 0 Å². The fourth-order valence-electron chi connectivity index (χ4n) is 1.78. The Kier molecular flexibility index (Phi) is 3.77. The Bertz CT molecular complexity index is 566. The van der Waals surface area contributed by atoms with Gasteiger partial charge < -0.3 is 9.84 Å². The Morgan fingerprint density at radius 2 is 2.22 bits per heavy atom. The van der Waals surface area contributed by atoms with Crippen molar-refractivity contribution in [2.45, 2.75) is 19.8 Å². The molecule has 1 aromatic carbocycles. The molecule has 0 aliphatic rings. The van der Waals surface area contributed by atoms with E-state index in [0.717, 1.165) is 12.8 Å². The first-order valence-electron chi connectivity index (χ1n) is 5.98. The van der Waals surface area contributed by atoms with Crippen LogP contribution in [-0.2, 0) is 0 Å². The van der Waals surface area contributed by atoms with Gasteiger partial charge in [-0.2, -0.15) is 0 Å². The zero-order valence-electron chi connectivity index (χ0n) is 10.2. The zero-order chi connectivity index (χ0) is 13.0. The number of carbonyl (C=O) groups is 1. The summed E-state index contributed by atoms with van der Waals surface area (Å²) in [6, 6.07) is 6.71. The Morgan fingerprint density at radius 1 is 1.39 bits per heavy atom. The number of ether oxygens (including phenoxy) is 1. The highest BCUT2D eigenvalue weighted by atomic mass is 16.5. The molecule has 18 heavy (non-hydrogen) atoms. The number of fused-ring (bicyclic) bond motifs is 1. The Morgan fingerprint density at radius 3 is 2.94 bits per heavy atom. The standard InChI is InChI=1S/C14H15NO3/c1-2-3-9-18-12-7-6-11(14(16)17)10-5-4-8-15-13(10)12/h4-8H,2-3,9H2,1H3,(H,16,17). The van der Waals surface area contributed by atoms with Crippen molar-refractivity contribution < 1.29 is 14.6 Å². The lowest BCUT2D eigenvalue weighted by Gasteiger charge is -2.09. The second-order valence-corrected chi connectivity index (χ2v) is 4.02. The third-order valence-electron chi connectivity index (χ3n) is 2.72. The number of carboxylic acids is 1. The molecule has 0 fully saturated rings. The van der Waals surface area contributed by atoms with Gasteiger partial charge in [0.1, 0.15) is 11.3 Å². The van der Waals surface area contributed by atoms with E-state index in [4.69, 9.17) is 9.84 Å². The molecule has 94 valence electrons. The van der Waals surface area contributed by atoms with Gasteiger partial charge in [0.05, 0.1) is 12.2 Å². The molecule has 0 aliphatic carbocycles. The summed E-state index contributed by atoms with van der Waals surface area (Å²) in [4.78, 5) is 15.3. The lowest BCUT2D eigenvalue weighted by molar-refractivity contribution is 0.0699. The molecule has 0 amide bonds. The van der Waals surface area contributed by atoms with E-state index >= 15 is 0 Å². The van der Waals surface area contributed by atoms with Gasteiger partial charge >= 0.3 is 5.97 Å². The minimum absolute atomic E-state index is 0.251. The summed E-state index contributed by atoms with van der Waals surface area (Å²) in [5.41, 5.74) is 0.856. The highest BCUT2D eigenvalue weighted by Gasteiger charge is 2.12. The van der Waals surface area contributed by atoms with E-state index < -0.39 is 5.97 Å². The zero-order valence-corrected chi connectivity index (χ0v) is 10.2. The van der Waals surface area contributed by atoms with Crippen molar-refractivity contribution >= 4 is 16.9 Å². The van der Waals surface area contributed by atoms with Gasteiger partial charge in [0.25, 0.3) is 0 Å². The Labute approximate surface area is 105 Å². The number of carboxylic acid groups (broad SMARTS) is 1. The van der Waals surface area contributed by atoms with Crippen LogP contribution < -0.4 is 4.74 Å². The van der Waals surface area contributed by atoms with E-state index in [1.165, 1.54) is 0 Å². The minimum Gasteiger partial charge on any atom is -0.491 e. The van der Waals surface area contributed by atoms with Crippen molar-refractivity contribution in [3.05, 3.63) is 36.0 Å². The molecule has 0 spiro atoms. The highest BCUT2D eigenvalue weighted by Crippen LogP contribution is 2.26. The van der Waals surface area contributed by atoms with E-state index in [1.54, 1.807) is 30.5 Å². The number of unbranched alkanes of at least 4 members (excludes halogenated alkanes) is 1. The maximum absolute atomic E-state index is 11.1. The topological polar surface area (TPSA) is 59.4 Å². The molecule has 0 saturated carbocycles. The molecule has 0 atom stereocenters. The van der Waals surface area contributed by atoms with Crippen molar-refractivity contribution in [3.8, 4) is 5.75 Å². The monoisotopic (exact) mass is 245 g/mol. The number of hydrogen-bond donors (Lipinski definition) is 1. The molecule has 0 unspecified atom stereocenters. The Hall–Kier alpha value is -2.10. The SMILES string of the molecule is CCCCOc1ccc(C(=O)O)c2cccnc12. The van der Waals surface area contributed by atoms with E-state index in [2.05, 4.69) is 11.9 Å². The van der Waals surface area contributed by atoms with Crippen LogP contribution in [0, 0.1) is 0 Å². The molecule has 1 aromatic heterocycles. The molecule has 1 heterocycles. The van der Waals surface area contributed by atoms with Crippen molar-refractivity contribution in [3.63, 3.8) is 0 Å². The molecule has 4 nitrogen and oxygen atoms in total. The average molecular weight is 245 g/mol. The molecular weight excluding hydrogens is 230 g/mol. The van der Waals surface area contributed by atoms with Crippen molar-refractivity contribution in [1.82, 2.24) is 4.98 Å². The second kappa shape index (κ2) is 5.49. The van der Waals surface area contributed by atoms with Gasteiger partial charge in [-0.25, -0.2) is 4.79 Å². The van der Waals surface area contributed by atoms with Crippen molar-refractivity contribution in [1.29, 1.82) is 0 Å². The predicted molar refractivity (Wildman–Crippen MR) is 69.1 cm³/mol. The number of aromatic nitrogens is 1. The van der Waals surface area contributed by atoms with Crippen LogP contribution >= 0.6 is 0 Å². The molecular formula is C14H15NO3. The lowest BCUT2D eigenvalue weighted by atomic mass is 10.1. The van der Waals surface area contributed by atoms with Gasteiger partial charge in [0, 0.05) is 11.6 Å². The van der Waals surface area contributed by atoms with Crippen LogP contribution in [0.5, 0.6) is 5.75 Å². The molecule has 2 aromatic rings. The predicted octanol–water partition coefficient (Wildman–Crippen LogP) is 3.11.